The standard InChI is InChI=1S/C23H27BrN2O3/c1-2-29-15-5-14-25-21(27)17-6-3-7-20(16-17)26-22(28)23(12-4-13-23)18-8-10-19(24)11-9-18/h3,6-11,16H,2,4-5,12-15H2,1H3,(H,25,27)(H,26,28). The van der Waals surface area contributed by atoms with Crippen LogP contribution in [0.4, 0.5) is 5.69 Å². The number of halogens is 1. The number of amides is 2. The molecule has 2 aromatic rings. The Labute approximate surface area is 180 Å². The molecular formula is C23H27BrN2O3. The zero-order valence-corrected chi connectivity index (χ0v) is 18.3. The van der Waals surface area contributed by atoms with Crippen LogP contribution in [0.3, 0.4) is 0 Å². The molecule has 6 heteroatoms. The summed E-state index contributed by atoms with van der Waals surface area (Å²) >= 11 is 3.45. The summed E-state index contributed by atoms with van der Waals surface area (Å²) in [5.74, 6) is -0.163. The van der Waals surface area contributed by atoms with Crippen LogP contribution in [-0.4, -0.2) is 31.6 Å². The first-order chi connectivity index (χ1) is 14.0. The van der Waals surface area contributed by atoms with Gasteiger partial charge in [0.2, 0.25) is 5.91 Å². The van der Waals surface area contributed by atoms with Crippen LogP contribution < -0.4 is 10.6 Å². The zero-order chi connectivity index (χ0) is 20.7. The molecule has 2 amide bonds. The van der Waals surface area contributed by atoms with E-state index in [9.17, 15) is 9.59 Å². The van der Waals surface area contributed by atoms with Gasteiger partial charge in [0.1, 0.15) is 0 Å². The first kappa shape index (κ1) is 21.5. The zero-order valence-electron chi connectivity index (χ0n) is 16.7. The van der Waals surface area contributed by atoms with Gasteiger partial charge in [-0.05, 0) is 62.1 Å². The summed E-state index contributed by atoms with van der Waals surface area (Å²) in [6.07, 6.45) is 3.47. The fraction of sp³-hybridized carbons (Fsp3) is 0.391. The second-order valence-electron chi connectivity index (χ2n) is 7.28. The third-order valence-electron chi connectivity index (χ3n) is 5.38. The highest BCUT2D eigenvalue weighted by molar-refractivity contribution is 9.10. The second-order valence-corrected chi connectivity index (χ2v) is 8.20. The molecule has 0 unspecified atom stereocenters. The van der Waals surface area contributed by atoms with E-state index >= 15 is 0 Å². The maximum atomic E-state index is 13.1. The minimum Gasteiger partial charge on any atom is -0.382 e. The molecule has 0 heterocycles. The van der Waals surface area contributed by atoms with Crippen LogP contribution >= 0.6 is 15.9 Å². The molecule has 0 aliphatic heterocycles. The van der Waals surface area contributed by atoms with Gasteiger partial charge in [0.25, 0.3) is 5.91 Å². The van der Waals surface area contributed by atoms with E-state index in [1.807, 2.05) is 37.3 Å². The molecule has 2 aromatic carbocycles. The van der Waals surface area contributed by atoms with E-state index in [1.54, 1.807) is 18.2 Å². The van der Waals surface area contributed by atoms with E-state index in [2.05, 4.69) is 26.6 Å². The van der Waals surface area contributed by atoms with Gasteiger partial charge in [-0.1, -0.05) is 40.5 Å². The van der Waals surface area contributed by atoms with Crippen molar-refractivity contribution in [3.8, 4) is 0 Å². The van der Waals surface area contributed by atoms with Crippen LogP contribution in [0.25, 0.3) is 0 Å². The Hall–Kier alpha value is -2.18. The number of carbonyl (C=O) groups is 2. The predicted octanol–water partition coefficient (Wildman–Crippen LogP) is 4.67. The first-order valence-electron chi connectivity index (χ1n) is 10.1. The monoisotopic (exact) mass is 458 g/mol. The van der Waals surface area contributed by atoms with E-state index in [4.69, 9.17) is 4.74 Å². The molecule has 5 nitrogen and oxygen atoms in total. The molecule has 1 saturated carbocycles. The van der Waals surface area contributed by atoms with E-state index < -0.39 is 5.41 Å². The smallest absolute Gasteiger partial charge is 0.251 e. The fourth-order valence-electron chi connectivity index (χ4n) is 3.56. The maximum absolute atomic E-state index is 13.1. The lowest BCUT2D eigenvalue weighted by molar-refractivity contribution is -0.124. The van der Waals surface area contributed by atoms with Gasteiger partial charge in [-0.25, -0.2) is 0 Å². The Kier molecular flexibility index (Phi) is 7.45. The Morgan fingerprint density at radius 1 is 1.14 bits per heavy atom. The number of hydrogen-bond acceptors (Lipinski definition) is 3. The minimum atomic E-state index is -0.488. The van der Waals surface area contributed by atoms with Gasteiger partial charge in [-0.2, -0.15) is 0 Å². The molecule has 29 heavy (non-hydrogen) atoms. The quantitative estimate of drug-likeness (QED) is 0.536. The average Bonchev–Trinajstić information content (AvgIpc) is 2.68. The summed E-state index contributed by atoms with van der Waals surface area (Å²) in [4.78, 5) is 25.5. The Bertz CT molecular complexity index is 847. The van der Waals surface area contributed by atoms with Crippen LogP contribution in [0.15, 0.2) is 53.0 Å². The third kappa shape index (κ3) is 5.25. The van der Waals surface area contributed by atoms with E-state index in [0.717, 1.165) is 35.7 Å². The van der Waals surface area contributed by atoms with Crippen molar-refractivity contribution >= 4 is 33.4 Å². The predicted molar refractivity (Wildman–Crippen MR) is 118 cm³/mol. The molecule has 0 radical (unpaired) electrons. The Balaban J connectivity index is 1.64. The lowest BCUT2D eigenvalue weighted by Crippen LogP contribution is -2.46. The van der Waals surface area contributed by atoms with Gasteiger partial charge >= 0.3 is 0 Å². The Morgan fingerprint density at radius 3 is 2.55 bits per heavy atom. The summed E-state index contributed by atoms with van der Waals surface area (Å²) in [5.41, 5.74) is 1.72. The lowest BCUT2D eigenvalue weighted by Gasteiger charge is -2.40. The van der Waals surface area contributed by atoms with Crippen LogP contribution in [-0.2, 0) is 14.9 Å². The van der Waals surface area contributed by atoms with Crippen LogP contribution in [0.5, 0.6) is 0 Å². The highest BCUT2D eigenvalue weighted by Gasteiger charge is 2.45. The van der Waals surface area contributed by atoms with Gasteiger partial charge in [0.15, 0.2) is 0 Å². The molecule has 3 rings (SSSR count). The van der Waals surface area contributed by atoms with Crippen molar-refractivity contribution < 1.29 is 14.3 Å². The second kappa shape index (κ2) is 10.0. The van der Waals surface area contributed by atoms with Gasteiger partial charge in [-0.15, -0.1) is 0 Å². The van der Waals surface area contributed by atoms with Gasteiger partial charge < -0.3 is 15.4 Å². The van der Waals surface area contributed by atoms with Gasteiger partial charge in [0, 0.05) is 35.5 Å². The van der Waals surface area contributed by atoms with E-state index in [-0.39, 0.29) is 11.8 Å². The number of hydrogen-bond donors (Lipinski definition) is 2. The minimum absolute atomic E-state index is 0.0136. The number of rotatable bonds is 9. The number of benzene rings is 2. The van der Waals surface area contributed by atoms with Crippen molar-refractivity contribution in [3.63, 3.8) is 0 Å². The molecular weight excluding hydrogens is 432 g/mol. The normalized spacial score (nSPS) is 14.7. The highest BCUT2D eigenvalue weighted by atomic mass is 79.9. The summed E-state index contributed by atoms with van der Waals surface area (Å²) in [6, 6.07) is 15.0. The van der Waals surface area contributed by atoms with Crippen LogP contribution in [0.1, 0.15) is 48.5 Å². The molecule has 1 aliphatic carbocycles. The van der Waals surface area contributed by atoms with E-state index in [0.29, 0.717) is 31.0 Å². The molecule has 0 spiro atoms. The molecule has 0 atom stereocenters. The summed E-state index contributed by atoms with van der Waals surface area (Å²) in [6.45, 7) is 3.81. The molecule has 1 fully saturated rings. The van der Waals surface area contributed by atoms with Crippen molar-refractivity contribution in [2.45, 2.75) is 38.0 Å². The Morgan fingerprint density at radius 2 is 1.90 bits per heavy atom. The number of anilines is 1. The molecule has 2 N–H and O–H groups in total. The fourth-order valence-corrected chi connectivity index (χ4v) is 3.82. The molecule has 1 aliphatic rings. The molecule has 0 bridgehead atoms. The van der Waals surface area contributed by atoms with Crippen molar-refractivity contribution in [2.75, 3.05) is 25.1 Å². The largest absolute Gasteiger partial charge is 0.382 e. The maximum Gasteiger partial charge on any atom is 0.251 e. The van der Waals surface area contributed by atoms with Crippen molar-refractivity contribution in [3.05, 3.63) is 64.1 Å². The number of nitrogens with one attached hydrogen (secondary N) is 2. The molecule has 0 aromatic heterocycles. The molecule has 154 valence electrons. The first-order valence-corrected chi connectivity index (χ1v) is 10.9. The third-order valence-corrected chi connectivity index (χ3v) is 5.90. The van der Waals surface area contributed by atoms with Gasteiger partial charge in [0.05, 0.1) is 5.41 Å². The van der Waals surface area contributed by atoms with Crippen molar-refractivity contribution in [2.24, 2.45) is 0 Å². The lowest BCUT2D eigenvalue weighted by atomic mass is 9.64. The summed E-state index contributed by atoms with van der Waals surface area (Å²) < 4.78 is 6.27. The SMILES string of the molecule is CCOCCCNC(=O)c1cccc(NC(=O)C2(c3ccc(Br)cc3)CCC2)c1. The van der Waals surface area contributed by atoms with Gasteiger partial charge in [-0.3, -0.25) is 9.59 Å². The molecule has 0 saturated heterocycles. The van der Waals surface area contributed by atoms with Crippen LogP contribution in [0, 0.1) is 0 Å². The summed E-state index contributed by atoms with van der Waals surface area (Å²) in [7, 11) is 0. The number of carbonyl (C=O) groups excluding carboxylic acids is 2. The van der Waals surface area contributed by atoms with Crippen molar-refractivity contribution in [1.29, 1.82) is 0 Å². The van der Waals surface area contributed by atoms with Crippen molar-refractivity contribution in [1.82, 2.24) is 5.32 Å². The average molecular weight is 459 g/mol. The topological polar surface area (TPSA) is 67.4 Å². The number of ether oxygens (including phenoxy) is 1. The van der Waals surface area contributed by atoms with E-state index in [1.165, 1.54) is 0 Å². The highest BCUT2D eigenvalue weighted by Crippen LogP contribution is 2.44. The van der Waals surface area contributed by atoms with Crippen LogP contribution in [0.2, 0.25) is 0 Å². The summed E-state index contributed by atoms with van der Waals surface area (Å²) in [5, 5.41) is 5.91.